The second-order valence-electron chi connectivity index (χ2n) is 15.4. The van der Waals surface area contributed by atoms with Crippen molar-refractivity contribution >= 4 is 65.5 Å². The number of carbonyl (C=O) groups excluding carboxylic acids is 11. The van der Waals surface area contributed by atoms with Crippen molar-refractivity contribution in [2.45, 2.75) is 102 Å². The number of nitrogens with one attached hydrogen (secondary N) is 7. The van der Waals surface area contributed by atoms with E-state index in [1.165, 1.54) is 19.2 Å². The molecule has 0 saturated carbocycles. The van der Waals surface area contributed by atoms with Crippen molar-refractivity contribution in [1.82, 2.24) is 42.1 Å². The van der Waals surface area contributed by atoms with Gasteiger partial charge in [0, 0.05) is 20.0 Å². The van der Waals surface area contributed by atoms with E-state index in [0.29, 0.717) is 12.0 Å². The van der Waals surface area contributed by atoms with E-state index in [0.717, 1.165) is 4.90 Å². The van der Waals surface area contributed by atoms with Crippen LogP contribution >= 0.6 is 0 Å². The van der Waals surface area contributed by atoms with Gasteiger partial charge in [-0.15, -0.1) is 0 Å². The highest BCUT2D eigenvalue weighted by Gasteiger charge is 2.35. The van der Waals surface area contributed by atoms with Gasteiger partial charge in [0.25, 0.3) is 0 Å². The molecule has 11 amide bonds. The van der Waals surface area contributed by atoms with Gasteiger partial charge in [-0.25, -0.2) is 0 Å². The number of nitrogens with zero attached hydrogens (tertiary/aromatic N) is 1. The van der Waals surface area contributed by atoms with Crippen LogP contribution in [-0.4, -0.2) is 138 Å². The smallest absolute Gasteiger partial charge is 0.247 e. The molecule has 0 bridgehead atoms. The Bertz CT molecular complexity index is 1790. The normalized spacial score (nSPS) is 14.1. The molecule has 24 nitrogen and oxygen atoms in total. The minimum atomic E-state index is -1.80. The first-order valence-electron chi connectivity index (χ1n) is 20.1. The Labute approximate surface area is 364 Å². The first-order chi connectivity index (χ1) is 29.5. The molecule has 0 saturated heterocycles. The van der Waals surface area contributed by atoms with Gasteiger partial charge >= 0.3 is 0 Å². The van der Waals surface area contributed by atoms with Gasteiger partial charge in [-0.05, 0) is 48.8 Å². The summed E-state index contributed by atoms with van der Waals surface area (Å²) in [6.45, 7) is 5.27. The predicted octanol–water partition coefficient (Wildman–Crippen LogP) is -5.28. The largest absolute Gasteiger partial charge is 0.508 e. The molecule has 1 aromatic rings. The minimum Gasteiger partial charge on any atom is -0.508 e. The van der Waals surface area contributed by atoms with Crippen LogP contribution in [0.3, 0.4) is 0 Å². The quantitative estimate of drug-likeness (QED) is 0.0335. The number of phenolic OH excluding ortho intramolecular Hbond substituents is 1. The molecule has 0 radical (unpaired) electrons. The molecule has 0 aromatic heterocycles. The fourth-order valence-electron chi connectivity index (χ4n) is 5.88. The SMILES string of the molecule is CC[C@H](C)[C@H](NC(=O)[C@@H](N)Cc1ccc(O)cc1)C(=O)N[C@@H](CCC(N)=O)C(=O)N[C@@H](CC(N)=O)C(=O)N[C@@H](CNC=O)C(=O)N(C)CC(=O)N[C@@H](CC(C)C)C(=O)NCC(N)=O. The van der Waals surface area contributed by atoms with Crippen LogP contribution in [-0.2, 0) is 59.2 Å². The average molecular weight is 891 g/mol. The molecule has 24 heteroatoms. The first-order valence-corrected chi connectivity index (χ1v) is 20.1. The molecule has 0 aliphatic heterocycles. The summed E-state index contributed by atoms with van der Waals surface area (Å²) in [5, 5.41) is 26.2. The molecule has 7 atom stereocenters. The average Bonchev–Trinajstić information content (AvgIpc) is 3.20. The zero-order valence-electron chi connectivity index (χ0n) is 36.1. The molecule has 0 fully saturated rings. The third kappa shape index (κ3) is 20.5. The van der Waals surface area contributed by atoms with Gasteiger partial charge in [-0.3, -0.25) is 52.7 Å². The number of hydrogen-bond acceptors (Lipinski definition) is 13. The Morgan fingerprint density at radius 3 is 1.86 bits per heavy atom. The van der Waals surface area contributed by atoms with Gasteiger partial charge in [-0.1, -0.05) is 46.2 Å². The van der Waals surface area contributed by atoms with Gasteiger partial charge in [-0.2, -0.15) is 0 Å². The van der Waals surface area contributed by atoms with E-state index < -0.39 is 140 Å². The van der Waals surface area contributed by atoms with Gasteiger partial charge in [0.05, 0.1) is 25.6 Å². The molecule has 0 heterocycles. The summed E-state index contributed by atoms with van der Waals surface area (Å²) in [7, 11) is 1.18. The number of primary amides is 3. The topological polar surface area (TPSA) is 400 Å². The van der Waals surface area contributed by atoms with Crippen LogP contribution in [0.5, 0.6) is 5.75 Å². The Hall–Kier alpha value is -6.85. The molecular weight excluding hydrogens is 829 g/mol. The number of aromatic hydroxyl groups is 1. The number of benzene rings is 1. The van der Waals surface area contributed by atoms with E-state index >= 15 is 0 Å². The highest BCUT2D eigenvalue weighted by molar-refractivity contribution is 5.98. The molecule has 0 aliphatic carbocycles. The van der Waals surface area contributed by atoms with Crippen molar-refractivity contribution in [3.63, 3.8) is 0 Å². The predicted molar refractivity (Wildman–Crippen MR) is 224 cm³/mol. The van der Waals surface area contributed by atoms with Crippen molar-refractivity contribution < 1.29 is 57.8 Å². The monoisotopic (exact) mass is 890 g/mol. The zero-order valence-corrected chi connectivity index (χ0v) is 36.1. The maximum Gasteiger partial charge on any atom is 0.247 e. The highest BCUT2D eigenvalue weighted by Crippen LogP contribution is 2.13. The summed E-state index contributed by atoms with van der Waals surface area (Å²) >= 11 is 0. The maximum atomic E-state index is 13.7. The van der Waals surface area contributed by atoms with Crippen LogP contribution < -0.4 is 60.2 Å². The van der Waals surface area contributed by atoms with Crippen molar-refractivity contribution in [2.24, 2.45) is 34.8 Å². The number of phenols is 1. The van der Waals surface area contributed by atoms with Gasteiger partial charge in [0.2, 0.25) is 65.5 Å². The number of carbonyl (C=O) groups is 11. The standard InChI is InChI=1S/C39H62N12O12/c1-6-21(4)33(50-34(58)24(40)14-22-7-9-23(53)10-8-22)38(62)47-25(11-12-29(41)54)36(60)48-27(15-30(42)55)37(61)49-28(16-44-19-52)39(63)51(5)18-32(57)46-26(13-20(2)3)35(59)45-17-31(43)56/h7-10,19-21,24-28,33,53H,6,11-18,40H2,1-5H3,(H2,41,54)(H2,42,55)(H2,43,56)(H,44,52)(H,45,59)(H,46,57)(H,47,62)(H,48,60)(H,49,61)(H,50,58)/t21-,24-,25-,26-,27-,28-,33-/m0/s1. The summed E-state index contributed by atoms with van der Waals surface area (Å²) < 4.78 is 0. The highest BCUT2D eigenvalue weighted by atomic mass is 16.3. The van der Waals surface area contributed by atoms with Crippen molar-refractivity contribution in [2.75, 3.05) is 26.7 Å². The van der Waals surface area contributed by atoms with Crippen LogP contribution in [0.4, 0.5) is 0 Å². The first kappa shape index (κ1) is 54.2. The van der Waals surface area contributed by atoms with Crippen LogP contribution in [0.25, 0.3) is 0 Å². The summed E-state index contributed by atoms with van der Waals surface area (Å²) in [6.07, 6.45) is -0.882. The second kappa shape index (κ2) is 27.2. The third-order valence-corrected chi connectivity index (χ3v) is 9.45. The Morgan fingerprint density at radius 1 is 0.730 bits per heavy atom. The zero-order chi connectivity index (χ0) is 48.0. The molecular formula is C39H62N12O12. The van der Waals surface area contributed by atoms with E-state index in [-0.39, 0.29) is 30.9 Å². The van der Waals surface area contributed by atoms with Crippen molar-refractivity contribution in [3.8, 4) is 5.75 Å². The van der Waals surface area contributed by atoms with Crippen LogP contribution in [0.2, 0.25) is 0 Å². The van der Waals surface area contributed by atoms with Gasteiger partial charge < -0.3 is 70.2 Å². The lowest BCUT2D eigenvalue weighted by Gasteiger charge is -2.29. The molecule has 0 spiro atoms. The number of nitrogens with two attached hydrogens (primary N) is 4. The molecule has 350 valence electrons. The maximum absolute atomic E-state index is 13.7. The summed E-state index contributed by atoms with van der Waals surface area (Å²) in [5.41, 5.74) is 22.5. The van der Waals surface area contributed by atoms with Crippen LogP contribution in [0.1, 0.15) is 65.4 Å². The number of amides is 11. The van der Waals surface area contributed by atoms with E-state index in [1.54, 1.807) is 39.8 Å². The Morgan fingerprint density at radius 2 is 1.32 bits per heavy atom. The van der Waals surface area contributed by atoms with Gasteiger partial charge in [0.1, 0.15) is 36.0 Å². The van der Waals surface area contributed by atoms with Gasteiger partial charge in [0.15, 0.2) is 0 Å². The third-order valence-electron chi connectivity index (χ3n) is 9.45. The number of likely N-dealkylation sites (N-methyl/N-ethyl adjacent to an activating group) is 1. The summed E-state index contributed by atoms with van der Waals surface area (Å²) in [4.78, 5) is 140. The molecule has 0 aliphatic rings. The fraction of sp³-hybridized carbons (Fsp3) is 0.564. The second-order valence-corrected chi connectivity index (χ2v) is 15.4. The number of hydrogen-bond donors (Lipinski definition) is 12. The summed E-state index contributed by atoms with van der Waals surface area (Å²) in [5.74, 6) is -9.64. The lowest BCUT2D eigenvalue weighted by atomic mass is 9.96. The van der Waals surface area contributed by atoms with Crippen LogP contribution in [0, 0.1) is 11.8 Å². The van der Waals surface area contributed by atoms with Crippen LogP contribution in [0.15, 0.2) is 24.3 Å². The van der Waals surface area contributed by atoms with E-state index in [2.05, 4.69) is 37.2 Å². The molecule has 1 rings (SSSR count). The summed E-state index contributed by atoms with van der Waals surface area (Å²) in [6, 6.07) is -2.50. The van der Waals surface area contributed by atoms with E-state index in [1.807, 2.05) is 0 Å². The molecule has 0 unspecified atom stereocenters. The van der Waals surface area contributed by atoms with E-state index in [9.17, 15) is 57.8 Å². The van der Waals surface area contributed by atoms with E-state index in [4.69, 9.17) is 22.9 Å². The molecule has 16 N–H and O–H groups in total. The molecule has 63 heavy (non-hydrogen) atoms. The minimum absolute atomic E-state index is 0.0111. The van der Waals surface area contributed by atoms with Crippen molar-refractivity contribution in [3.05, 3.63) is 29.8 Å². The lowest BCUT2D eigenvalue weighted by molar-refractivity contribution is -0.140. The Balaban J connectivity index is 3.27. The Kier molecular flexibility index (Phi) is 23.4. The number of rotatable bonds is 29. The lowest BCUT2D eigenvalue weighted by Crippen LogP contribution is -2.61. The molecule has 1 aromatic carbocycles. The van der Waals surface area contributed by atoms with Crippen molar-refractivity contribution in [1.29, 1.82) is 0 Å². The fourth-order valence-corrected chi connectivity index (χ4v) is 5.88.